The summed E-state index contributed by atoms with van der Waals surface area (Å²) in [6.07, 6.45) is 3.11. The van der Waals surface area contributed by atoms with Gasteiger partial charge in [-0.3, -0.25) is 9.78 Å². The van der Waals surface area contributed by atoms with Gasteiger partial charge in [-0.1, -0.05) is 15.9 Å². The highest BCUT2D eigenvalue weighted by Gasteiger charge is 2.22. The largest absolute Gasteiger partial charge is 0.292 e. The van der Waals surface area contributed by atoms with Gasteiger partial charge in [0.05, 0.1) is 0 Å². The minimum Gasteiger partial charge on any atom is -0.292 e. The van der Waals surface area contributed by atoms with E-state index in [9.17, 15) is 4.79 Å². The van der Waals surface area contributed by atoms with Crippen molar-refractivity contribution in [3.63, 3.8) is 0 Å². The second kappa shape index (κ2) is 2.41. The summed E-state index contributed by atoms with van der Waals surface area (Å²) < 4.78 is 1.01. The van der Waals surface area contributed by atoms with E-state index in [2.05, 4.69) is 20.9 Å². The fraction of sp³-hybridized carbons (Fsp3) is 0.250. The van der Waals surface area contributed by atoms with Crippen LogP contribution in [-0.2, 0) is 6.42 Å². The third kappa shape index (κ3) is 0.997. The lowest BCUT2D eigenvalue weighted by Crippen LogP contribution is -1.94. The van der Waals surface area contributed by atoms with Gasteiger partial charge in [0.1, 0.15) is 5.69 Å². The molecule has 0 bridgehead atoms. The summed E-state index contributed by atoms with van der Waals surface area (Å²) in [5.41, 5.74) is 1.72. The number of hydrogen-bond donors (Lipinski definition) is 0. The summed E-state index contributed by atoms with van der Waals surface area (Å²) in [7, 11) is 0. The number of pyridine rings is 1. The Balaban J connectivity index is 2.66. The van der Waals surface area contributed by atoms with Crippen molar-refractivity contribution in [3.05, 3.63) is 28.0 Å². The Bertz CT molecular complexity index is 322. The molecule has 0 aromatic carbocycles. The van der Waals surface area contributed by atoms with Crippen molar-refractivity contribution in [3.8, 4) is 0 Å². The predicted molar refractivity (Wildman–Crippen MR) is 44.6 cm³/mol. The van der Waals surface area contributed by atoms with Crippen LogP contribution < -0.4 is 0 Å². The average Bonchev–Trinajstić information content (AvgIpc) is 2.35. The summed E-state index contributed by atoms with van der Waals surface area (Å²) in [6.45, 7) is 0. The van der Waals surface area contributed by atoms with Crippen LogP contribution in [0.2, 0.25) is 0 Å². The maximum Gasteiger partial charge on any atom is 0.181 e. The maximum atomic E-state index is 11.1. The van der Waals surface area contributed by atoms with Gasteiger partial charge in [0, 0.05) is 17.1 Å². The standard InChI is InChI=1S/C8H6BrNO/c9-6-3-4-10-8-5(6)1-2-7(8)11/h3-4H,1-2H2. The van der Waals surface area contributed by atoms with Crippen LogP contribution in [0.1, 0.15) is 22.5 Å². The minimum absolute atomic E-state index is 0.168. The number of carbonyl (C=O) groups is 1. The van der Waals surface area contributed by atoms with Crippen LogP contribution in [0.25, 0.3) is 0 Å². The molecule has 1 aliphatic rings. The number of fused-ring (bicyclic) bond motifs is 1. The van der Waals surface area contributed by atoms with E-state index >= 15 is 0 Å². The second-order valence-electron chi connectivity index (χ2n) is 2.54. The first kappa shape index (κ1) is 6.98. The fourth-order valence-corrected chi connectivity index (χ4v) is 1.81. The van der Waals surface area contributed by atoms with Crippen LogP contribution in [0.5, 0.6) is 0 Å². The molecule has 2 rings (SSSR count). The van der Waals surface area contributed by atoms with Crippen molar-refractivity contribution >= 4 is 21.7 Å². The fourth-order valence-electron chi connectivity index (χ4n) is 1.30. The zero-order valence-electron chi connectivity index (χ0n) is 5.80. The Labute approximate surface area is 72.8 Å². The number of aromatic nitrogens is 1. The van der Waals surface area contributed by atoms with Crippen molar-refractivity contribution in [2.45, 2.75) is 12.8 Å². The summed E-state index contributed by atoms with van der Waals surface area (Å²) in [5.74, 6) is 0.168. The Morgan fingerprint density at radius 1 is 1.45 bits per heavy atom. The molecule has 0 saturated heterocycles. The monoisotopic (exact) mass is 211 g/mol. The van der Waals surface area contributed by atoms with Gasteiger partial charge >= 0.3 is 0 Å². The van der Waals surface area contributed by atoms with Gasteiger partial charge in [-0.05, 0) is 18.1 Å². The first-order valence-electron chi connectivity index (χ1n) is 3.45. The maximum absolute atomic E-state index is 11.1. The SMILES string of the molecule is O=C1CCc2c(Br)ccnc21. The summed E-state index contributed by atoms with van der Waals surface area (Å²) in [6, 6.07) is 1.87. The summed E-state index contributed by atoms with van der Waals surface area (Å²) >= 11 is 3.38. The number of ketones is 1. The lowest BCUT2D eigenvalue weighted by atomic mass is 10.2. The average molecular weight is 212 g/mol. The number of rotatable bonds is 0. The van der Waals surface area contributed by atoms with Crippen molar-refractivity contribution in [2.24, 2.45) is 0 Å². The molecule has 11 heavy (non-hydrogen) atoms. The zero-order chi connectivity index (χ0) is 7.84. The summed E-state index contributed by atoms with van der Waals surface area (Å²) in [4.78, 5) is 15.2. The molecule has 0 saturated carbocycles. The molecule has 0 N–H and O–H groups in total. The van der Waals surface area contributed by atoms with Gasteiger partial charge < -0.3 is 0 Å². The molecule has 1 aromatic rings. The number of Topliss-reactive ketones (excluding diaryl/α,β-unsaturated/α-hetero) is 1. The van der Waals surface area contributed by atoms with E-state index in [4.69, 9.17) is 0 Å². The second-order valence-corrected chi connectivity index (χ2v) is 3.40. The first-order chi connectivity index (χ1) is 5.29. The molecule has 0 fully saturated rings. The molecule has 56 valence electrons. The van der Waals surface area contributed by atoms with Gasteiger partial charge in [0.25, 0.3) is 0 Å². The quantitative estimate of drug-likeness (QED) is 0.658. The molecule has 2 nitrogen and oxygen atoms in total. The number of hydrogen-bond acceptors (Lipinski definition) is 2. The van der Waals surface area contributed by atoms with Crippen molar-refractivity contribution < 1.29 is 4.79 Å². The van der Waals surface area contributed by atoms with E-state index in [1.54, 1.807) is 6.20 Å². The van der Waals surface area contributed by atoms with Gasteiger partial charge in [0.2, 0.25) is 0 Å². The molecule has 0 radical (unpaired) electrons. The van der Waals surface area contributed by atoms with E-state index < -0.39 is 0 Å². The molecule has 1 heterocycles. The van der Waals surface area contributed by atoms with E-state index in [0.717, 1.165) is 16.5 Å². The smallest absolute Gasteiger partial charge is 0.181 e. The van der Waals surface area contributed by atoms with E-state index in [1.807, 2.05) is 6.07 Å². The molecule has 3 heteroatoms. The topological polar surface area (TPSA) is 30.0 Å². The highest BCUT2D eigenvalue weighted by Crippen LogP contribution is 2.26. The van der Waals surface area contributed by atoms with Crippen molar-refractivity contribution in [1.82, 2.24) is 4.98 Å². The first-order valence-corrected chi connectivity index (χ1v) is 4.25. The number of halogens is 1. The molecular formula is C8H6BrNO. The van der Waals surface area contributed by atoms with E-state index in [-0.39, 0.29) is 5.78 Å². The lowest BCUT2D eigenvalue weighted by Gasteiger charge is -1.96. The van der Waals surface area contributed by atoms with Crippen LogP contribution in [0.4, 0.5) is 0 Å². The minimum atomic E-state index is 0.168. The molecule has 0 spiro atoms. The van der Waals surface area contributed by atoms with E-state index in [0.29, 0.717) is 12.1 Å². The van der Waals surface area contributed by atoms with Gasteiger partial charge in [0.15, 0.2) is 5.78 Å². The molecule has 0 unspecified atom stereocenters. The number of nitrogens with zero attached hydrogens (tertiary/aromatic N) is 1. The molecule has 0 aliphatic heterocycles. The van der Waals surface area contributed by atoms with Gasteiger partial charge in [-0.25, -0.2) is 0 Å². The Kier molecular flexibility index (Phi) is 1.53. The van der Waals surface area contributed by atoms with E-state index in [1.165, 1.54) is 0 Å². The Morgan fingerprint density at radius 2 is 2.27 bits per heavy atom. The van der Waals surface area contributed by atoms with Crippen molar-refractivity contribution in [1.29, 1.82) is 0 Å². The third-order valence-corrected chi connectivity index (χ3v) is 2.61. The third-order valence-electron chi connectivity index (χ3n) is 1.86. The van der Waals surface area contributed by atoms with Crippen LogP contribution in [0, 0.1) is 0 Å². The molecule has 0 atom stereocenters. The van der Waals surface area contributed by atoms with Gasteiger partial charge in [-0.2, -0.15) is 0 Å². The molecule has 1 aliphatic carbocycles. The predicted octanol–water partition coefficient (Wildman–Crippen LogP) is 1.97. The Morgan fingerprint density at radius 3 is 3.00 bits per heavy atom. The van der Waals surface area contributed by atoms with Crippen LogP contribution >= 0.6 is 15.9 Å². The highest BCUT2D eigenvalue weighted by atomic mass is 79.9. The Hall–Kier alpha value is -0.700. The lowest BCUT2D eigenvalue weighted by molar-refractivity contribution is 0.0990. The summed E-state index contributed by atoms with van der Waals surface area (Å²) in [5, 5.41) is 0. The molecule has 0 amide bonds. The zero-order valence-corrected chi connectivity index (χ0v) is 7.39. The van der Waals surface area contributed by atoms with Crippen molar-refractivity contribution in [2.75, 3.05) is 0 Å². The number of carbonyl (C=O) groups excluding carboxylic acids is 1. The van der Waals surface area contributed by atoms with Gasteiger partial charge in [-0.15, -0.1) is 0 Å². The van der Waals surface area contributed by atoms with Crippen LogP contribution in [-0.4, -0.2) is 10.8 Å². The van der Waals surface area contributed by atoms with Crippen LogP contribution in [0.3, 0.4) is 0 Å². The highest BCUT2D eigenvalue weighted by molar-refractivity contribution is 9.10. The van der Waals surface area contributed by atoms with Crippen LogP contribution in [0.15, 0.2) is 16.7 Å². The normalized spacial score (nSPS) is 15.2. The molecular weight excluding hydrogens is 206 g/mol. The molecule has 1 aromatic heterocycles.